The molecule has 176 valence electrons. The van der Waals surface area contributed by atoms with Gasteiger partial charge in [0.05, 0.1) is 12.0 Å². The molecule has 3 aliphatic heterocycles. The Morgan fingerprint density at radius 2 is 1.94 bits per heavy atom. The van der Waals surface area contributed by atoms with Gasteiger partial charge in [0.2, 0.25) is 11.1 Å². The highest BCUT2D eigenvalue weighted by atomic mass is 32.2. The topological polar surface area (TPSA) is 57.2 Å². The Labute approximate surface area is 199 Å². The fourth-order valence-electron chi connectivity index (χ4n) is 5.11. The first kappa shape index (κ1) is 21.4. The Morgan fingerprint density at radius 3 is 2.79 bits per heavy atom. The van der Waals surface area contributed by atoms with Gasteiger partial charge in [0, 0.05) is 24.7 Å². The molecule has 8 heteroatoms. The Hall–Kier alpha value is -3.10. The molecule has 3 heterocycles. The van der Waals surface area contributed by atoms with Crippen LogP contribution in [0.4, 0.5) is 4.39 Å². The van der Waals surface area contributed by atoms with Crippen LogP contribution in [0.2, 0.25) is 0 Å². The second-order valence-electron chi connectivity index (χ2n) is 8.65. The molecular formula is C26H24FNO5S. The van der Waals surface area contributed by atoms with Crippen molar-refractivity contribution >= 4 is 11.1 Å². The van der Waals surface area contributed by atoms with Crippen LogP contribution in [0, 0.1) is 5.82 Å². The molecule has 0 saturated carbocycles. The number of hydrogen-bond acceptors (Lipinski definition) is 6. The van der Waals surface area contributed by atoms with Crippen LogP contribution in [0.25, 0.3) is 0 Å². The van der Waals surface area contributed by atoms with Crippen LogP contribution in [-0.2, 0) is 30.5 Å². The summed E-state index contributed by atoms with van der Waals surface area (Å²) in [5.41, 5.74) is 4.76. The third-order valence-corrected chi connectivity index (χ3v) is 7.70. The summed E-state index contributed by atoms with van der Waals surface area (Å²) in [6.07, 6.45) is 1.67. The van der Waals surface area contributed by atoms with E-state index in [-0.39, 0.29) is 10.9 Å². The molecule has 0 spiro atoms. The first-order valence-electron chi connectivity index (χ1n) is 11.3. The van der Waals surface area contributed by atoms with E-state index in [0.717, 1.165) is 43.0 Å². The monoisotopic (exact) mass is 481 g/mol. The van der Waals surface area contributed by atoms with Crippen molar-refractivity contribution in [2.24, 2.45) is 0 Å². The number of rotatable bonds is 4. The second kappa shape index (κ2) is 8.60. The molecule has 6 rings (SSSR count). The van der Waals surface area contributed by atoms with Crippen LogP contribution in [-0.4, -0.2) is 36.0 Å². The molecule has 0 radical (unpaired) electrons. The number of methoxy groups -OCH3 is 1. The van der Waals surface area contributed by atoms with Crippen molar-refractivity contribution in [1.82, 2.24) is 4.90 Å². The van der Waals surface area contributed by atoms with Crippen molar-refractivity contribution in [3.05, 3.63) is 76.6 Å². The van der Waals surface area contributed by atoms with E-state index in [1.807, 2.05) is 18.2 Å². The van der Waals surface area contributed by atoms with Crippen LogP contribution in [0.15, 0.2) is 53.4 Å². The summed E-state index contributed by atoms with van der Waals surface area (Å²) >= 11 is -1.88. The van der Waals surface area contributed by atoms with Crippen molar-refractivity contribution in [2.45, 2.75) is 30.3 Å². The summed E-state index contributed by atoms with van der Waals surface area (Å²) in [7, 11) is 1.56. The lowest BCUT2D eigenvalue weighted by Gasteiger charge is -2.42. The SMILES string of the molecule is COc1cc2c(cc1OS(=O)c1cccc(F)c1)C1Cc3c(ccc4c3OCCO4)CN1CC2. The first-order valence-corrected chi connectivity index (χ1v) is 12.4. The zero-order valence-corrected chi connectivity index (χ0v) is 19.5. The van der Waals surface area contributed by atoms with Gasteiger partial charge in [-0.15, -0.1) is 0 Å². The molecule has 3 aromatic carbocycles. The summed E-state index contributed by atoms with van der Waals surface area (Å²) < 4.78 is 49.6. The van der Waals surface area contributed by atoms with Crippen molar-refractivity contribution in [3.8, 4) is 23.0 Å². The predicted octanol–water partition coefficient (Wildman–Crippen LogP) is 4.36. The third-order valence-electron chi connectivity index (χ3n) is 6.73. The number of hydrogen-bond donors (Lipinski definition) is 0. The minimum absolute atomic E-state index is 0.129. The second-order valence-corrected chi connectivity index (χ2v) is 9.75. The van der Waals surface area contributed by atoms with Crippen LogP contribution in [0.3, 0.4) is 0 Å². The standard InChI is InChI=1S/C26H24FNO5S/c1-30-24-11-16-7-8-28-15-17-5-6-23-26(32-10-9-31-23)21(17)13-22(28)20(16)14-25(24)33-34(29)19-4-2-3-18(27)12-19/h2-6,11-12,14,22H,7-10,13,15H2,1H3. The Bertz CT molecular complexity index is 1300. The quantitative estimate of drug-likeness (QED) is 0.552. The third kappa shape index (κ3) is 3.71. The molecule has 2 atom stereocenters. The van der Waals surface area contributed by atoms with E-state index < -0.39 is 16.9 Å². The summed E-state index contributed by atoms with van der Waals surface area (Å²) in [6, 6.07) is 13.8. The zero-order chi connectivity index (χ0) is 23.2. The highest BCUT2D eigenvalue weighted by Crippen LogP contribution is 2.47. The van der Waals surface area contributed by atoms with Gasteiger partial charge in [-0.1, -0.05) is 12.1 Å². The van der Waals surface area contributed by atoms with Gasteiger partial charge in [0.15, 0.2) is 23.0 Å². The zero-order valence-electron chi connectivity index (χ0n) is 18.7. The van der Waals surface area contributed by atoms with E-state index in [1.54, 1.807) is 13.2 Å². The van der Waals surface area contributed by atoms with E-state index in [2.05, 4.69) is 11.0 Å². The van der Waals surface area contributed by atoms with Gasteiger partial charge in [0.25, 0.3) is 0 Å². The van der Waals surface area contributed by atoms with Crippen molar-refractivity contribution < 1.29 is 27.0 Å². The number of fused-ring (bicyclic) bond motifs is 6. The number of halogens is 1. The minimum Gasteiger partial charge on any atom is -0.493 e. The molecule has 0 saturated heterocycles. The van der Waals surface area contributed by atoms with Gasteiger partial charge in [-0.25, -0.2) is 8.60 Å². The summed E-state index contributed by atoms with van der Waals surface area (Å²) in [6.45, 7) is 2.88. The fraction of sp³-hybridized carbons (Fsp3) is 0.308. The number of benzene rings is 3. The predicted molar refractivity (Wildman–Crippen MR) is 124 cm³/mol. The van der Waals surface area contributed by atoms with E-state index in [4.69, 9.17) is 18.4 Å². The fourth-order valence-corrected chi connectivity index (χ4v) is 5.90. The Kier molecular flexibility index (Phi) is 5.42. The van der Waals surface area contributed by atoms with Crippen molar-refractivity contribution in [3.63, 3.8) is 0 Å². The van der Waals surface area contributed by atoms with Gasteiger partial charge >= 0.3 is 0 Å². The highest BCUT2D eigenvalue weighted by molar-refractivity contribution is 7.80. The number of ether oxygens (including phenoxy) is 3. The lowest BCUT2D eigenvalue weighted by molar-refractivity contribution is 0.146. The molecule has 0 aliphatic carbocycles. The maximum Gasteiger partial charge on any atom is 0.240 e. The molecule has 0 bridgehead atoms. The number of nitrogens with zero attached hydrogens (tertiary/aromatic N) is 1. The lowest BCUT2D eigenvalue weighted by Crippen LogP contribution is -2.39. The Balaban J connectivity index is 1.36. The molecule has 0 fully saturated rings. The van der Waals surface area contributed by atoms with Crippen LogP contribution in [0.1, 0.15) is 28.3 Å². The molecule has 0 N–H and O–H groups in total. The highest BCUT2D eigenvalue weighted by Gasteiger charge is 2.36. The maximum absolute atomic E-state index is 13.6. The van der Waals surface area contributed by atoms with E-state index >= 15 is 0 Å². The van der Waals surface area contributed by atoms with E-state index in [0.29, 0.717) is 24.7 Å². The molecule has 3 aromatic rings. The van der Waals surface area contributed by atoms with Crippen LogP contribution >= 0.6 is 0 Å². The molecule has 2 unspecified atom stereocenters. The minimum atomic E-state index is -1.88. The van der Waals surface area contributed by atoms with E-state index in [9.17, 15) is 8.60 Å². The van der Waals surface area contributed by atoms with Crippen LogP contribution < -0.4 is 18.4 Å². The summed E-state index contributed by atoms with van der Waals surface area (Å²) in [4.78, 5) is 2.72. The molecule has 0 aromatic heterocycles. The van der Waals surface area contributed by atoms with Gasteiger partial charge in [-0.05, 0) is 65.9 Å². The largest absolute Gasteiger partial charge is 0.493 e. The summed E-state index contributed by atoms with van der Waals surface area (Å²) in [5.74, 6) is 2.10. The normalized spacial score (nSPS) is 19.4. The Morgan fingerprint density at radius 1 is 1.06 bits per heavy atom. The van der Waals surface area contributed by atoms with Crippen LogP contribution in [0.5, 0.6) is 23.0 Å². The smallest absolute Gasteiger partial charge is 0.240 e. The lowest BCUT2D eigenvalue weighted by atomic mass is 9.83. The van der Waals surface area contributed by atoms with Gasteiger partial charge in [-0.3, -0.25) is 4.90 Å². The molecular weight excluding hydrogens is 457 g/mol. The molecule has 3 aliphatic rings. The van der Waals surface area contributed by atoms with Gasteiger partial charge in [-0.2, -0.15) is 0 Å². The van der Waals surface area contributed by atoms with E-state index in [1.165, 1.54) is 34.9 Å². The van der Waals surface area contributed by atoms with Gasteiger partial charge < -0.3 is 18.4 Å². The van der Waals surface area contributed by atoms with Crippen molar-refractivity contribution in [1.29, 1.82) is 0 Å². The van der Waals surface area contributed by atoms with Crippen molar-refractivity contribution in [2.75, 3.05) is 26.9 Å². The molecule has 0 amide bonds. The maximum atomic E-state index is 13.6. The summed E-state index contributed by atoms with van der Waals surface area (Å²) in [5, 5.41) is 0. The average molecular weight is 482 g/mol. The van der Waals surface area contributed by atoms with Gasteiger partial charge in [0.1, 0.15) is 19.0 Å². The molecule has 34 heavy (non-hydrogen) atoms. The average Bonchev–Trinajstić information content (AvgIpc) is 2.87. The first-order chi connectivity index (χ1) is 16.6. The molecule has 6 nitrogen and oxygen atoms in total.